The van der Waals surface area contributed by atoms with Crippen LogP contribution in [0.4, 0.5) is 0 Å². The molecule has 2 heterocycles. The van der Waals surface area contributed by atoms with E-state index in [1.54, 1.807) is 37.7 Å². The second-order valence-corrected chi connectivity index (χ2v) is 6.43. The lowest BCUT2D eigenvalue weighted by Crippen LogP contribution is -2.46. The van der Waals surface area contributed by atoms with Gasteiger partial charge in [-0.15, -0.1) is 0 Å². The third kappa shape index (κ3) is 5.17. The summed E-state index contributed by atoms with van der Waals surface area (Å²) < 4.78 is 5.17. The molecule has 0 bridgehead atoms. The van der Waals surface area contributed by atoms with Gasteiger partial charge >= 0.3 is 0 Å². The standard InChI is InChI=1S/C21H23N3O3/c1-27-19-6-2-4-16(14-19)7-8-20(25)23-18-9-12-24(13-10-18)21(26)17-5-3-11-22-15-17/h2-8,11,14-15,18H,9-10,12-13H2,1H3,(H,23,25)/b8-7+. The molecule has 0 unspecified atom stereocenters. The van der Waals surface area contributed by atoms with E-state index < -0.39 is 0 Å². The Morgan fingerprint density at radius 3 is 2.74 bits per heavy atom. The number of methoxy groups -OCH3 is 1. The number of hydrogen-bond donors (Lipinski definition) is 1. The van der Waals surface area contributed by atoms with Crippen molar-refractivity contribution in [2.75, 3.05) is 20.2 Å². The highest BCUT2D eigenvalue weighted by Crippen LogP contribution is 2.15. The summed E-state index contributed by atoms with van der Waals surface area (Å²) >= 11 is 0. The van der Waals surface area contributed by atoms with Gasteiger partial charge in [0.05, 0.1) is 12.7 Å². The van der Waals surface area contributed by atoms with Crippen LogP contribution in [0.25, 0.3) is 6.08 Å². The number of likely N-dealkylation sites (tertiary alicyclic amines) is 1. The van der Waals surface area contributed by atoms with Crippen molar-refractivity contribution in [3.63, 3.8) is 0 Å². The first-order valence-electron chi connectivity index (χ1n) is 8.97. The molecule has 1 fully saturated rings. The van der Waals surface area contributed by atoms with Crippen LogP contribution in [0.15, 0.2) is 54.9 Å². The molecule has 6 heteroatoms. The largest absolute Gasteiger partial charge is 0.497 e. The number of ether oxygens (including phenoxy) is 1. The number of carbonyl (C=O) groups is 2. The molecule has 3 rings (SSSR count). The zero-order chi connectivity index (χ0) is 19.1. The number of aromatic nitrogens is 1. The van der Waals surface area contributed by atoms with E-state index >= 15 is 0 Å². The summed E-state index contributed by atoms with van der Waals surface area (Å²) in [5.41, 5.74) is 1.50. The Hall–Kier alpha value is -3.15. The van der Waals surface area contributed by atoms with Crippen molar-refractivity contribution >= 4 is 17.9 Å². The van der Waals surface area contributed by atoms with Crippen LogP contribution in [0.3, 0.4) is 0 Å². The molecule has 0 atom stereocenters. The van der Waals surface area contributed by atoms with E-state index in [0.29, 0.717) is 18.7 Å². The van der Waals surface area contributed by atoms with Gasteiger partial charge in [-0.2, -0.15) is 0 Å². The first kappa shape index (κ1) is 18.6. The molecule has 0 saturated carbocycles. The maximum atomic E-state index is 12.4. The minimum absolute atomic E-state index is 0.00852. The lowest BCUT2D eigenvalue weighted by molar-refractivity contribution is -0.117. The van der Waals surface area contributed by atoms with E-state index in [1.807, 2.05) is 29.2 Å². The van der Waals surface area contributed by atoms with Crippen LogP contribution >= 0.6 is 0 Å². The highest BCUT2D eigenvalue weighted by molar-refractivity contribution is 5.94. The fraction of sp³-hybridized carbons (Fsp3) is 0.286. The lowest BCUT2D eigenvalue weighted by atomic mass is 10.0. The predicted molar refractivity (Wildman–Crippen MR) is 103 cm³/mol. The quantitative estimate of drug-likeness (QED) is 0.827. The molecule has 0 spiro atoms. The molecule has 2 aromatic rings. The molecule has 1 aromatic heterocycles. The highest BCUT2D eigenvalue weighted by Gasteiger charge is 2.24. The fourth-order valence-corrected chi connectivity index (χ4v) is 3.07. The Balaban J connectivity index is 1.48. The minimum atomic E-state index is -0.130. The van der Waals surface area contributed by atoms with Crippen LogP contribution in [0.2, 0.25) is 0 Å². The van der Waals surface area contributed by atoms with Gasteiger partial charge in [-0.25, -0.2) is 0 Å². The topological polar surface area (TPSA) is 71.5 Å². The molecule has 6 nitrogen and oxygen atoms in total. The number of nitrogens with one attached hydrogen (secondary N) is 1. The van der Waals surface area contributed by atoms with Crippen molar-refractivity contribution in [1.29, 1.82) is 0 Å². The van der Waals surface area contributed by atoms with Crippen molar-refractivity contribution in [1.82, 2.24) is 15.2 Å². The Morgan fingerprint density at radius 1 is 1.22 bits per heavy atom. The summed E-state index contributed by atoms with van der Waals surface area (Å²) in [7, 11) is 1.61. The number of rotatable bonds is 5. The van der Waals surface area contributed by atoms with Crippen molar-refractivity contribution in [3.8, 4) is 5.75 Å². The summed E-state index contributed by atoms with van der Waals surface area (Å²) in [5, 5.41) is 3.01. The van der Waals surface area contributed by atoms with Crippen LogP contribution in [-0.2, 0) is 4.79 Å². The van der Waals surface area contributed by atoms with E-state index in [4.69, 9.17) is 4.74 Å². The van der Waals surface area contributed by atoms with E-state index in [9.17, 15) is 9.59 Å². The average molecular weight is 365 g/mol. The van der Waals surface area contributed by atoms with Crippen molar-refractivity contribution < 1.29 is 14.3 Å². The van der Waals surface area contributed by atoms with Crippen molar-refractivity contribution in [3.05, 3.63) is 66.0 Å². The summed E-state index contributed by atoms with van der Waals surface area (Å²) in [6.07, 6.45) is 8.01. The van der Waals surface area contributed by atoms with E-state index in [2.05, 4.69) is 10.3 Å². The molecule has 140 valence electrons. The maximum Gasteiger partial charge on any atom is 0.255 e. The molecule has 1 aromatic carbocycles. The Bertz CT molecular complexity index is 812. The molecule has 27 heavy (non-hydrogen) atoms. The maximum absolute atomic E-state index is 12.4. The van der Waals surface area contributed by atoms with Crippen molar-refractivity contribution in [2.45, 2.75) is 18.9 Å². The average Bonchev–Trinajstić information content (AvgIpc) is 2.73. The Morgan fingerprint density at radius 2 is 2.04 bits per heavy atom. The number of piperidine rings is 1. The third-order valence-electron chi connectivity index (χ3n) is 4.56. The summed E-state index contributed by atoms with van der Waals surface area (Å²) in [5.74, 6) is 0.615. The van der Waals surface area contributed by atoms with Crippen LogP contribution < -0.4 is 10.1 Å². The molecule has 0 radical (unpaired) electrons. The first-order chi connectivity index (χ1) is 13.2. The van der Waals surface area contributed by atoms with Crippen LogP contribution in [0.1, 0.15) is 28.8 Å². The Labute approximate surface area is 158 Å². The number of pyridine rings is 1. The van der Waals surface area contributed by atoms with Gasteiger partial charge < -0.3 is 15.0 Å². The molecule has 2 amide bonds. The zero-order valence-electron chi connectivity index (χ0n) is 15.3. The van der Waals surface area contributed by atoms with Gasteiger partial charge in [0.1, 0.15) is 5.75 Å². The SMILES string of the molecule is COc1cccc(/C=C/C(=O)NC2CCN(C(=O)c3cccnc3)CC2)c1. The predicted octanol–water partition coefficient (Wildman–Crippen LogP) is 2.52. The van der Waals surface area contributed by atoms with Crippen molar-refractivity contribution in [2.24, 2.45) is 0 Å². The number of amides is 2. The molecule has 1 aliphatic heterocycles. The summed E-state index contributed by atoms with van der Waals surface area (Å²) in [6.45, 7) is 1.25. The molecule has 1 aliphatic rings. The van der Waals surface area contributed by atoms with Gasteiger partial charge in [-0.3, -0.25) is 14.6 Å². The van der Waals surface area contributed by atoms with Gasteiger partial charge in [-0.05, 0) is 48.7 Å². The van der Waals surface area contributed by atoms with E-state index in [0.717, 1.165) is 24.2 Å². The zero-order valence-corrected chi connectivity index (χ0v) is 15.3. The van der Waals surface area contributed by atoms with Gasteiger partial charge in [0.2, 0.25) is 5.91 Å². The molecular formula is C21H23N3O3. The second kappa shape index (κ2) is 8.98. The number of hydrogen-bond acceptors (Lipinski definition) is 4. The number of benzene rings is 1. The monoisotopic (exact) mass is 365 g/mol. The van der Waals surface area contributed by atoms with Crippen LogP contribution in [0, 0.1) is 0 Å². The third-order valence-corrected chi connectivity index (χ3v) is 4.56. The van der Waals surface area contributed by atoms with Gasteiger partial charge in [0.25, 0.3) is 5.91 Å². The van der Waals surface area contributed by atoms with Crippen LogP contribution in [-0.4, -0.2) is 47.9 Å². The molecule has 1 saturated heterocycles. The first-order valence-corrected chi connectivity index (χ1v) is 8.97. The van der Waals surface area contributed by atoms with Gasteiger partial charge in [0, 0.05) is 37.6 Å². The summed E-state index contributed by atoms with van der Waals surface area (Å²) in [4.78, 5) is 30.4. The molecular weight excluding hydrogens is 342 g/mol. The molecule has 1 N–H and O–H groups in total. The second-order valence-electron chi connectivity index (χ2n) is 6.43. The number of nitrogens with zero attached hydrogens (tertiary/aromatic N) is 2. The highest BCUT2D eigenvalue weighted by atomic mass is 16.5. The smallest absolute Gasteiger partial charge is 0.255 e. The lowest BCUT2D eigenvalue weighted by Gasteiger charge is -2.32. The Kier molecular flexibility index (Phi) is 6.20. The van der Waals surface area contributed by atoms with E-state index in [-0.39, 0.29) is 17.9 Å². The normalized spacial score (nSPS) is 14.9. The van der Waals surface area contributed by atoms with Crippen LogP contribution in [0.5, 0.6) is 5.75 Å². The van der Waals surface area contributed by atoms with E-state index in [1.165, 1.54) is 6.08 Å². The summed E-state index contributed by atoms with van der Waals surface area (Å²) in [6, 6.07) is 11.1. The van der Waals surface area contributed by atoms with Gasteiger partial charge in [-0.1, -0.05) is 12.1 Å². The minimum Gasteiger partial charge on any atom is -0.497 e. The van der Waals surface area contributed by atoms with Gasteiger partial charge in [0.15, 0.2) is 0 Å². The molecule has 0 aliphatic carbocycles. The number of carbonyl (C=O) groups excluding carboxylic acids is 2. The fourth-order valence-electron chi connectivity index (χ4n) is 3.07.